The quantitative estimate of drug-likeness (QED) is 0.845. The molecule has 3 N–H and O–H groups in total. The number of methoxy groups -OCH3 is 1. The summed E-state index contributed by atoms with van der Waals surface area (Å²) < 4.78 is 5.36. The number of anilines is 1. The maximum absolute atomic E-state index is 5.54. The van der Waals surface area contributed by atoms with E-state index in [1.165, 1.54) is 4.90 Å². The van der Waals surface area contributed by atoms with Crippen molar-refractivity contribution in [2.45, 2.75) is 23.8 Å². The lowest BCUT2D eigenvalue weighted by molar-refractivity contribution is 0.414. The number of hydrogen-bond acceptors (Lipinski definition) is 4. The van der Waals surface area contributed by atoms with E-state index >= 15 is 0 Å². The molecular weight excluding hydrogens is 220 g/mol. The largest absolute Gasteiger partial charge is 0.495 e. The molecule has 0 spiro atoms. The van der Waals surface area contributed by atoms with Crippen molar-refractivity contribution in [3.05, 3.63) is 18.2 Å². The van der Waals surface area contributed by atoms with Crippen LogP contribution in [-0.4, -0.2) is 25.4 Å². The Bertz CT molecular complexity index is 343. The van der Waals surface area contributed by atoms with Gasteiger partial charge >= 0.3 is 0 Å². The molecule has 1 atom stereocenters. The van der Waals surface area contributed by atoms with E-state index in [2.05, 4.69) is 11.4 Å². The summed E-state index contributed by atoms with van der Waals surface area (Å²) >= 11 is 1.89. The van der Waals surface area contributed by atoms with Gasteiger partial charge in [0.2, 0.25) is 0 Å². The first-order chi connectivity index (χ1) is 7.85. The van der Waals surface area contributed by atoms with E-state index in [1.54, 1.807) is 7.11 Å². The van der Waals surface area contributed by atoms with Crippen LogP contribution in [0.2, 0.25) is 0 Å². The molecule has 1 aromatic rings. The lowest BCUT2D eigenvalue weighted by Crippen LogP contribution is -2.26. The average Bonchev–Trinajstić information content (AvgIpc) is 2.35. The summed E-state index contributed by atoms with van der Waals surface area (Å²) in [5, 5.41) is 3.55. The van der Waals surface area contributed by atoms with Crippen molar-refractivity contribution in [3.63, 3.8) is 0 Å². The van der Waals surface area contributed by atoms with E-state index in [9.17, 15) is 0 Å². The van der Waals surface area contributed by atoms with Gasteiger partial charge in [-0.15, -0.1) is 11.8 Å². The second-order valence-corrected chi connectivity index (χ2v) is 4.98. The monoisotopic (exact) mass is 238 g/mol. The Morgan fingerprint density at radius 2 is 2.44 bits per heavy atom. The van der Waals surface area contributed by atoms with Crippen LogP contribution in [0.1, 0.15) is 12.8 Å². The molecule has 1 unspecified atom stereocenters. The topological polar surface area (TPSA) is 47.3 Å². The molecule has 1 aliphatic rings. The summed E-state index contributed by atoms with van der Waals surface area (Å²) in [7, 11) is 1.71. The number of ether oxygens (including phenoxy) is 1. The Hall–Kier alpha value is -0.870. The van der Waals surface area contributed by atoms with Gasteiger partial charge in [0.05, 0.1) is 12.8 Å². The zero-order chi connectivity index (χ0) is 11.4. The van der Waals surface area contributed by atoms with Crippen molar-refractivity contribution in [2.24, 2.45) is 5.73 Å². The van der Waals surface area contributed by atoms with Crippen LogP contribution in [0.4, 0.5) is 5.69 Å². The second-order valence-electron chi connectivity index (χ2n) is 3.92. The Labute approximate surface area is 101 Å². The lowest BCUT2D eigenvalue weighted by atomic mass is 10.1. The van der Waals surface area contributed by atoms with Crippen molar-refractivity contribution >= 4 is 17.4 Å². The van der Waals surface area contributed by atoms with Crippen molar-refractivity contribution in [1.82, 2.24) is 0 Å². The molecule has 0 saturated carbocycles. The molecule has 0 radical (unpaired) electrons. The highest BCUT2D eigenvalue weighted by Gasteiger charge is 2.20. The number of nitrogens with two attached hydrogens (primary N) is 1. The number of para-hydroxylation sites is 1. The smallest absolute Gasteiger partial charge is 0.143 e. The van der Waals surface area contributed by atoms with Gasteiger partial charge < -0.3 is 15.8 Å². The van der Waals surface area contributed by atoms with Crippen molar-refractivity contribution in [3.8, 4) is 5.75 Å². The fourth-order valence-electron chi connectivity index (χ4n) is 1.90. The van der Waals surface area contributed by atoms with E-state index in [0.29, 0.717) is 6.04 Å². The summed E-state index contributed by atoms with van der Waals surface area (Å²) in [5.41, 5.74) is 6.68. The van der Waals surface area contributed by atoms with Crippen LogP contribution < -0.4 is 15.8 Å². The number of rotatable bonds is 4. The molecule has 0 bridgehead atoms. The summed E-state index contributed by atoms with van der Waals surface area (Å²) in [4.78, 5) is 1.28. The van der Waals surface area contributed by atoms with Gasteiger partial charge in [0, 0.05) is 16.7 Å². The van der Waals surface area contributed by atoms with Crippen molar-refractivity contribution < 1.29 is 4.74 Å². The highest BCUT2D eigenvalue weighted by molar-refractivity contribution is 7.99. The molecule has 0 fully saturated rings. The van der Waals surface area contributed by atoms with Crippen LogP contribution >= 0.6 is 11.8 Å². The van der Waals surface area contributed by atoms with Gasteiger partial charge in [-0.1, -0.05) is 6.07 Å². The molecule has 16 heavy (non-hydrogen) atoms. The Morgan fingerprint density at radius 3 is 3.19 bits per heavy atom. The molecule has 4 heteroatoms. The van der Waals surface area contributed by atoms with E-state index < -0.39 is 0 Å². The van der Waals surface area contributed by atoms with Crippen LogP contribution in [0.3, 0.4) is 0 Å². The van der Waals surface area contributed by atoms with Crippen LogP contribution in [-0.2, 0) is 0 Å². The zero-order valence-corrected chi connectivity index (χ0v) is 10.3. The minimum absolute atomic E-state index is 0.511. The summed E-state index contributed by atoms with van der Waals surface area (Å²) in [6, 6.07) is 6.68. The van der Waals surface area contributed by atoms with Crippen LogP contribution in [0.25, 0.3) is 0 Å². The molecule has 0 aromatic heterocycles. The van der Waals surface area contributed by atoms with Gasteiger partial charge in [-0.2, -0.15) is 0 Å². The minimum atomic E-state index is 0.511. The van der Waals surface area contributed by atoms with Gasteiger partial charge in [-0.05, 0) is 31.5 Å². The highest BCUT2D eigenvalue weighted by atomic mass is 32.2. The van der Waals surface area contributed by atoms with E-state index in [4.69, 9.17) is 10.5 Å². The normalized spacial score (nSPS) is 18.8. The molecule has 1 heterocycles. The summed E-state index contributed by atoms with van der Waals surface area (Å²) in [6.45, 7) is 0.766. The molecule has 2 rings (SSSR count). The van der Waals surface area contributed by atoms with E-state index in [1.807, 2.05) is 23.9 Å². The predicted octanol–water partition coefficient (Wildman–Crippen LogP) is 2.32. The first kappa shape index (κ1) is 11.6. The fourth-order valence-corrected chi connectivity index (χ4v) is 3.01. The third-order valence-electron chi connectivity index (χ3n) is 2.75. The average molecular weight is 238 g/mol. The molecule has 88 valence electrons. The second kappa shape index (κ2) is 5.46. The molecule has 1 aromatic carbocycles. The lowest BCUT2D eigenvalue weighted by Gasteiger charge is -2.27. The fraction of sp³-hybridized carbons (Fsp3) is 0.500. The summed E-state index contributed by atoms with van der Waals surface area (Å²) in [5.74, 6) is 2.04. The third kappa shape index (κ3) is 2.44. The molecular formula is C12H18N2OS. The van der Waals surface area contributed by atoms with Gasteiger partial charge in [-0.25, -0.2) is 0 Å². The zero-order valence-electron chi connectivity index (χ0n) is 9.53. The van der Waals surface area contributed by atoms with Gasteiger partial charge in [0.25, 0.3) is 0 Å². The SMILES string of the molecule is COc1cccc2c1NC(CCCN)CS2. The van der Waals surface area contributed by atoms with Crippen LogP contribution in [0.15, 0.2) is 23.1 Å². The Balaban J connectivity index is 2.11. The van der Waals surface area contributed by atoms with E-state index in [-0.39, 0.29) is 0 Å². The van der Waals surface area contributed by atoms with Crippen LogP contribution in [0.5, 0.6) is 5.75 Å². The molecule has 0 amide bonds. The van der Waals surface area contributed by atoms with E-state index in [0.717, 1.165) is 36.6 Å². The minimum Gasteiger partial charge on any atom is -0.495 e. The van der Waals surface area contributed by atoms with Crippen molar-refractivity contribution in [1.29, 1.82) is 0 Å². The predicted molar refractivity (Wildman–Crippen MR) is 69.4 cm³/mol. The van der Waals surface area contributed by atoms with Crippen molar-refractivity contribution in [2.75, 3.05) is 24.7 Å². The standard InChI is InChI=1S/C12H18N2OS/c1-15-10-5-2-6-11-12(10)14-9(8-16-11)4-3-7-13/h2,5-6,9,14H,3-4,7-8,13H2,1H3. The first-order valence-corrected chi connectivity index (χ1v) is 6.60. The highest BCUT2D eigenvalue weighted by Crippen LogP contribution is 2.40. The van der Waals surface area contributed by atoms with Gasteiger partial charge in [0.15, 0.2) is 0 Å². The summed E-state index contributed by atoms with van der Waals surface area (Å²) in [6.07, 6.45) is 2.20. The Kier molecular flexibility index (Phi) is 3.96. The van der Waals surface area contributed by atoms with Gasteiger partial charge in [0.1, 0.15) is 5.75 Å². The number of benzene rings is 1. The number of fused-ring (bicyclic) bond motifs is 1. The number of thioether (sulfide) groups is 1. The maximum atomic E-state index is 5.54. The number of hydrogen-bond donors (Lipinski definition) is 2. The van der Waals surface area contributed by atoms with Gasteiger partial charge in [-0.3, -0.25) is 0 Å². The maximum Gasteiger partial charge on any atom is 0.143 e. The molecule has 0 aliphatic carbocycles. The third-order valence-corrected chi connectivity index (χ3v) is 3.97. The Morgan fingerprint density at radius 1 is 1.56 bits per heavy atom. The van der Waals surface area contributed by atoms with Crippen LogP contribution in [0, 0.1) is 0 Å². The number of nitrogens with one attached hydrogen (secondary N) is 1. The molecule has 3 nitrogen and oxygen atoms in total. The molecule has 1 aliphatic heterocycles. The molecule has 0 saturated heterocycles. The first-order valence-electron chi connectivity index (χ1n) is 5.61.